The van der Waals surface area contributed by atoms with Gasteiger partial charge in [0.25, 0.3) is 0 Å². The number of rotatable bonds is 2. The molecule has 1 aromatic heterocycles. The second-order valence-electron chi connectivity index (χ2n) is 3.93. The van der Waals surface area contributed by atoms with Crippen LogP contribution in [0.1, 0.15) is 6.92 Å². The number of carbonyl (C=O) groups is 1. The summed E-state index contributed by atoms with van der Waals surface area (Å²) in [6, 6.07) is 6.94. The number of nitrogens with zero attached hydrogens (tertiary/aromatic N) is 1. The summed E-state index contributed by atoms with van der Waals surface area (Å²) >= 11 is 0. The van der Waals surface area contributed by atoms with Gasteiger partial charge in [0.2, 0.25) is 5.91 Å². The maximum Gasteiger partial charge on any atom is 0.221 e. The van der Waals surface area contributed by atoms with Crippen LogP contribution in [0.15, 0.2) is 18.3 Å². The average Bonchev–Trinajstić information content (AvgIpc) is 2.62. The molecule has 1 heterocycles. The molecule has 1 amide bonds. The summed E-state index contributed by atoms with van der Waals surface area (Å²) in [5.74, 6) is -0.0698. The number of fused-ring (bicyclic) bond motifs is 1. The maximum absolute atomic E-state index is 11.0. The number of H-pyrrole nitrogens is 1. The van der Waals surface area contributed by atoms with Crippen LogP contribution in [0.3, 0.4) is 0 Å². The van der Waals surface area contributed by atoms with Gasteiger partial charge < -0.3 is 15.2 Å². The normalized spacial score (nSPS) is 10.4. The van der Waals surface area contributed by atoms with Crippen molar-refractivity contribution in [1.82, 2.24) is 4.98 Å². The molecular formula is C12H14N3O. The fraction of sp³-hybridized carbons (Fsp3) is 0.250. The molecule has 2 rings (SSSR count). The SMILES string of the molecule is CC(=O)Nc1cc(N(C)C)c2[nH]c[c]c2c1. The summed E-state index contributed by atoms with van der Waals surface area (Å²) in [7, 11) is 3.93. The second kappa shape index (κ2) is 3.89. The molecule has 0 spiro atoms. The molecule has 0 unspecified atom stereocenters. The van der Waals surface area contributed by atoms with Crippen molar-refractivity contribution in [3.63, 3.8) is 0 Å². The Morgan fingerprint density at radius 3 is 2.81 bits per heavy atom. The third-order valence-electron chi connectivity index (χ3n) is 2.36. The Labute approximate surface area is 94.3 Å². The molecule has 0 saturated heterocycles. The lowest BCUT2D eigenvalue weighted by molar-refractivity contribution is -0.114. The molecular weight excluding hydrogens is 202 g/mol. The highest BCUT2D eigenvalue weighted by atomic mass is 16.1. The highest BCUT2D eigenvalue weighted by Crippen LogP contribution is 2.28. The summed E-state index contributed by atoms with van der Waals surface area (Å²) in [4.78, 5) is 16.2. The first-order chi connectivity index (χ1) is 7.58. The Balaban J connectivity index is 2.57. The Morgan fingerprint density at radius 2 is 2.19 bits per heavy atom. The van der Waals surface area contributed by atoms with Gasteiger partial charge in [0.05, 0.1) is 11.2 Å². The van der Waals surface area contributed by atoms with E-state index in [0.29, 0.717) is 0 Å². The number of amides is 1. The number of hydrogen-bond donors (Lipinski definition) is 2. The van der Waals surface area contributed by atoms with E-state index in [0.717, 1.165) is 22.3 Å². The van der Waals surface area contributed by atoms with Gasteiger partial charge in [-0.1, -0.05) is 0 Å². The maximum atomic E-state index is 11.0. The minimum atomic E-state index is -0.0698. The van der Waals surface area contributed by atoms with E-state index in [-0.39, 0.29) is 5.91 Å². The molecule has 83 valence electrons. The van der Waals surface area contributed by atoms with Gasteiger partial charge in [-0.3, -0.25) is 4.79 Å². The Morgan fingerprint density at radius 1 is 1.44 bits per heavy atom. The van der Waals surface area contributed by atoms with Crippen LogP contribution >= 0.6 is 0 Å². The Bertz CT molecular complexity index is 528. The predicted molar refractivity (Wildman–Crippen MR) is 65.8 cm³/mol. The number of carbonyl (C=O) groups excluding carboxylic acids is 1. The summed E-state index contributed by atoms with van der Waals surface area (Å²) in [6.07, 6.45) is 1.77. The monoisotopic (exact) mass is 216 g/mol. The molecule has 1 radical (unpaired) electrons. The van der Waals surface area contributed by atoms with Gasteiger partial charge in [-0.25, -0.2) is 0 Å². The van der Waals surface area contributed by atoms with Gasteiger partial charge in [0.15, 0.2) is 0 Å². The molecule has 0 fully saturated rings. The highest BCUT2D eigenvalue weighted by Gasteiger charge is 2.07. The fourth-order valence-electron chi connectivity index (χ4n) is 1.71. The minimum absolute atomic E-state index is 0.0698. The van der Waals surface area contributed by atoms with Crippen molar-refractivity contribution in [2.24, 2.45) is 0 Å². The van der Waals surface area contributed by atoms with Crippen molar-refractivity contribution in [1.29, 1.82) is 0 Å². The molecule has 2 N–H and O–H groups in total. The van der Waals surface area contributed by atoms with E-state index < -0.39 is 0 Å². The van der Waals surface area contributed by atoms with Crippen LogP contribution in [0, 0.1) is 6.07 Å². The number of benzene rings is 1. The van der Waals surface area contributed by atoms with Gasteiger partial charge in [0, 0.05) is 44.4 Å². The summed E-state index contributed by atoms with van der Waals surface area (Å²) in [6.45, 7) is 1.50. The van der Waals surface area contributed by atoms with E-state index in [2.05, 4.69) is 16.4 Å². The number of anilines is 2. The van der Waals surface area contributed by atoms with E-state index in [9.17, 15) is 4.79 Å². The quantitative estimate of drug-likeness (QED) is 0.806. The third kappa shape index (κ3) is 1.86. The topological polar surface area (TPSA) is 48.1 Å². The van der Waals surface area contributed by atoms with Crippen LogP contribution in [-0.4, -0.2) is 25.0 Å². The van der Waals surface area contributed by atoms with Crippen molar-refractivity contribution in [3.8, 4) is 0 Å². The zero-order valence-electron chi connectivity index (χ0n) is 9.59. The van der Waals surface area contributed by atoms with Gasteiger partial charge >= 0.3 is 0 Å². The van der Waals surface area contributed by atoms with E-state index in [1.165, 1.54) is 6.92 Å². The Kier molecular flexibility index (Phi) is 2.56. The molecule has 1 aromatic carbocycles. The van der Waals surface area contributed by atoms with Crippen molar-refractivity contribution in [3.05, 3.63) is 24.4 Å². The molecule has 4 heteroatoms. The molecule has 2 aromatic rings. The Hall–Kier alpha value is -1.97. The van der Waals surface area contributed by atoms with E-state index >= 15 is 0 Å². The second-order valence-corrected chi connectivity index (χ2v) is 3.93. The van der Waals surface area contributed by atoms with Gasteiger partial charge in [0.1, 0.15) is 0 Å². The van der Waals surface area contributed by atoms with Crippen molar-refractivity contribution in [2.75, 3.05) is 24.3 Å². The van der Waals surface area contributed by atoms with Gasteiger partial charge in [-0.05, 0) is 12.1 Å². The molecule has 0 saturated carbocycles. The standard InChI is InChI=1S/C12H14N3O/c1-8(16)14-10-6-9-4-5-13-12(9)11(7-10)15(2)3/h5-7,13H,1-3H3,(H,14,16). The number of nitrogens with one attached hydrogen (secondary N) is 2. The minimum Gasteiger partial charge on any atom is -0.376 e. The van der Waals surface area contributed by atoms with Crippen molar-refractivity contribution < 1.29 is 4.79 Å². The molecule has 0 aliphatic rings. The van der Waals surface area contributed by atoms with Crippen LogP contribution in [0.5, 0.6) is 0 Å². The summed E-state index contributed by atoms with van der Waals surface area (Å²) < 4.78 is 0. The zero-order valence-corrected chi connectivity index (χ0v) is 9.59. The average molecular weight is 216 g/mol. The van der Waals surface area contributed by atoms with E-state index in [4.69, 9.17) is 0 Å². The smallest absolute Gasteiger partial charge is 0.221 e. The lowest BCUT2D eigenvalue weighted by Gasteiger charge is -2.15. The van der Waals surface area contributed by atoms with Crippen molar-refractivity contribution in [2.45, 2.75) is 6.92 Å². The van der Waals surface area contributed by atoms with E-state index in [1.54, 1.807) is 6.20 Å². The number of aromatic amines is 1. The highest BCUT2D eigenvalue weighted by molar-refractivity contribution is 5.98. The number of aromatic nitrogens is 1. The van der Waals surface area contributed by atoms with Crippen LogP contribution in [-0.2, 0) is 4.79 Å². The van der Waals surface area contributed by atoms with Crippen LogP contribution < -0.4 is 10.2 Å². The largest absolute Gasteiger partial charge is 0.376 e. The van der Waals surface area contributed by atoms with Crippen LogP contribution in [0.4, 0.5) is 11.4 Å². The summed E-state index contributed by atoms with van der Waals surface area (Å²) in [5, 5.41) is 3.75. The molecule has 4 nitrogen and oxygen atoms in total. The lowest BCUT2D eigenvalue weighted by atomic mass is 10.2. The molecule has 0 aliphatic heterocycles. The molecule has 0 bridgehead atoms. The fourth-order valence-corrected chi connectivity index (χ4v) is 1.71. The van der Waals surface area contributed by atoms with Crippen molar-refractivity contribution >= 4 is 28.2 Å². The van der Waals surface area contributed by atoms with E-state index in [1.807, 2.05) is 31.1 Å². The van der Waals surface area contributed by atoms with Crippen LogP contribution in [0.25, 0.3) is 10.9 Å². The summed E-state index contributed by atoms with van der Waals surface area (Å²) in [5.41, 5.74) is 2.85. The first kappa shape index (κ1) is 10.5. The lowest BCUT2D eigenvalue weighted by Crippen LogP contribution is -2.11. The zero-order chi connectivity index (χ0) is 11.7. The van der Waals surface area contributed by atoms with Gasteiger partial charge in [-0.2, -0.15) is 0 Å². The first-order valence-corrected chi connectivity index (χ1v) is 5.05. The van der Waals surface area contributed by atoms with Gasteiger partial charge in [-0.15, -0.1) is 0 Å². The molecule has 0 atom stereocenters. The number of hydrogen-bond acceptors (Lipinski definition) is 2. The molecule has 0 aliphatic carbocycles. The van der Waals surface area contributed by atoms with Crippen LogP contribution in [0.2, 0.25) is 0 Å². The third-order valence-corrected chi connectivity index (χ3v) is 2.36. The predicted octanol–water partition coefficient (Wildman–Crippen LogP) is 1.99. The first-order valence-electron chi connectivity index (χ1n) is 5.05. The molecule has 16 heavy (non-hydrogen) atoms.